The average Bonchev–Trinajstić information content (AvgIpc) is 3.04. The Kier molecular flexibility index (Phi) is 5.27. The van der Waals surface area contributed by atoms with E-state index in [0.717, 1.165) is 4.90 Å². The monoisotopic (exact) mass is 395 g/mol. The molecule has 9 heteroatoms. The van der Waals surface area contributed by atoms with E-state index in [1.165, 1.54) is 17.8 Å². The molecule has 3 rings (SSSR count). The summed E-state index contributed by atoms with van der Waals surface area (Å²) in [6, 6.07) is 9.88. The lowest BCUT2D eigenvalue weighted by Gasteiger charge is -2.02. The van der Waals surface area contributed by atoms with Gasteiger partial charge in [-0.15, -0.1) is 22.0 Å². The Morgan fingerprint density at radius 1 is 1.20 bits per heavy atom. The van der Waals surface area contributed by atoms with Gasteiger partial charge in [-0.2, -0.15) is 0 Å². The summed E-state index contributed by atoms with van der Waals surface area (Å²) in [6.45, 7) is 1.66. The molecular formula is C16H11Cl2N3O3S. The Morgan fingerprint density at radius 3 is 2.72 bits per heavy atom. The van der Waals surface area contributed by atoms with Crippen LogP contribution in [0.15, 0.2) is 45.7 Å². The third-order valence-electron chi connectivity index (χ3n) is 3.35. The lowest BCUT2D eigenvalue weighted by molar-refractivity contribution is -0.385. The first kappa shape index (κ1) is 17.7. The largest absolute Gasteiger partial charge is 0.420 e. The number of aryl methyl sites for hydroxylation is 1. The van der Waals surface area contributed by atoms with E-state index in [4.69, 9.17) is 27.6 Å². The Balaban J connectivity index is 1.75. The summed E-state index contributed by atoms with van der Waals surface area (Å²) in [6.07, 6.45) is 0. The van der Waals surface area contributed by atoms with Crippen LogP contribution in [-0.2, 0) is 5.75 Å². The van der Waals surface area contributed by atoms with Crippen molar-refractivity contribution in [3.05, 3.63) is 68.0 Å². The van der Waals surface area contributed by atoms with Crippen molar-refractivity contribution in [1.82, 2.24) is 10.2 Å². The van der Waals surface area contributed by atoms with Gasteiger partial charge in [0.2, 0.25) is 11.8 Å². The zero-order valence-electron chi connectivity index (χ0n) is 12.9. The number of aromatic nitrogens is 2. The molecule has 0 aliphatic heterocycles. The van der Waals surface area contributed by atoms with Gasteiger partial charge in [0, 0.05) is 27.1 Å². The maximum absolute atomic E-state index is 10.9. The Hall–Kier alpha value is -2.09. The number of rotatable bonds is 5. The predicted octanol–water partition coefficient (Wildman–Crippen LogP) is 5.55. The summed E-state index contributed by atoms with van der Waals surface area (Å²) in [4.78, 5) is 11.3. The van der Waals surface area contributed by atoms with Crippen molar-refractivity contribution < 1.29 is 9.34 Å². The van der Waals surface area contributed by atoms with Crippen molar-refractivity contribution in [3.63, 3.8) is 0 Å². The zero-order chi connectivity index (χ0) is 18.0. The van der Waals surface area contributed by atoms with Crippen LogP contribution in [0.3, 0.4) is 0 Å². The second-order valence-electron chi connectivity index (χ2n) is 5.12. The van der Waals surface area contributed by atoms with E-state index in [1.807, 2.05) is 0 Å². The van der Waals surface area contributed by atoms with E-state index in [2.05, 4.69) is 10.2 Å². The number of thioether (sulfide) groups is 1. The topological polar surface area (TPSA) is 82.1 Å². The van der Waals surface area contributed by atoms with Crippen LogP contribution in [0.1, 0.15) is 11.5 Å². The van der Waals surface area contributed by atoms with Crippen LogP contribution in [0.4, 0.5) is 5.69 Å². The molecule has 0 amide bonds. The molecule has 0 saturated heterocycles. The highest BCUT2D eigenvalue weighted by atomic mass is 35.5. The highest BCUT2D eigenvalue weighted by molar-refractivity contribution is 7.98. The Bertz CT molecular complexity index is 946. The standard InChI is InChI=1S/C16H11Cl2N3O3S/c1-9-6-10(2-5-13(9)21(22)23)16-20-19-15(24-16)8-25-14-7-11(17)3-4-12(14)18/h2-7H,8H2,1H3. The molecule has 128 valence electrons. The number of nitrogens with zero attached hydrogens (tertiary/aromatic N) is 3. The van der Waals surface area contributed by atoms with Gasteiger partial charge in [0.05, 0.1) is 15.7 Å². The van der Waals surface area contributed by atoms with Crippen molar-refractivity contribution in [3.8, 4) is 11.5 Å². The smallest absolute Gasteiger partial charge is 0.272 e. The van der Waals surface area contributed by atoms with E-state index in [-0.39, 0.29) is 5.69 Å². The molecule has 2 aromatic carbocycles. The average molecular weight is 396 g/mol. The summed E-state index contributed by atoms with van der Waals surface area (Å²) >= 11 is 13.5. The van der Waals surface area contributed by atoms with Crippen molar-refractivity contribution in [2.24, 2.45) is 0 Å². The second-order valence-corrected chi connectivity index (χ2v) is 6.98. The first-order valence-electron chi connectivity index (χ1n) is 7.09. The molecule has 0 saturated carbocycles. The van der Waals surface area contributed by atoms with E-state index >= 15 is 0 Å². The lowest BCUT2D eigenvalue weighted by atomic mass is 10.1. The van der Waals surface area contributed by atoms with Gasteiger partial charge < -0.3 is 4.42 Å². The number of halogens is 2. The minimum atomic E-state index is -0.427. The van der Waals surface area contributed by atoms with Gasteiger partial charge in [-0.1, -0.05) is 23.2 Å². The molecule has 6 nitrogen and oxygen atoms in total. The van der Waals surface area contributed by atoms with E-state index < -0.39 is 4.92 Å². The van der Waals surface area contributed by atoms with Crippen molar-refractivity contribution in [1.29, 1.82) is 0 Å². The maximum Gasteiger partial charge on any atom is 0.272 e. The van der Waals surface area contributed by atoms with Gasteiger partial charge in [0.25, 0.3) is 5.69 Å². The van der Waals surface area contributed by atoms with Gasteiger partial charge in [0.1, 0.15) is 0 Å². The van der Waals surface area contributed by atoms with E-state index in [9.17, 15) is 10.1 Å². The minimum Gasteiger partial charge on any atom is -0.420 e. The normalized spacial score (nSPS) is 10.8. The molecule has 0 radical (unpaired) electrons. The van der Waals surface area contributed by atoms with Crippen LogP contribution < -0.4 is 0 Å². The SMILES string of the molecule is Cc1cc(-c2nnc(CSc3cc(Cl)ccc3Cl)o2)ccc1[N+](=O)[O-]. The molecule has 1 aromatic heterocycles. The first-order valence-corrected chi connectivity index (χ1v) is 8.84. The fraction of sp³-hybridized carbons (Fsp3) is 0.125. The van der Waals surface area contributed by atoms with Crippen LogP contribution in [0.5, 0.6) is 0 Å². The van der Waals surface area contributed by atoms with E-state index in [0.29, 0.717) is 38.7 Å². The molecule has 0 atom stereocenters. The summed E-state index contributed by atoms with van der Waals surface area (Å²) in [5, 5.41) is 20.1. The quantitative estimate of drug-likeness (QED) is 0.319. The minimum absolute atomic E-state index is 0.0506. The molecule has 1 heterocycles. The van der Waals surface area contributed by atoms with Gasteiger partial charge in [-0.3, -0.25) is 10.1 Å². The summed E-state index contributed by atoms with van der Waals surface area (Å²) in [5.41, 5.74) is 1.21. The number of hydrogen-bond donors (Lipinski definition) is 0. The maximum atomic E-state index is 10.9. The molecule has 0 N–H and O–H groups in total. The van der Waals surface area contributed by atoms with Crippen LogP contribution in [0.25, 0.3) is 11.5 Å². The lowest BCUT2D eigenvalue weighted by Crippen LogP contribution is -1.91. The molecule has 0 fully saturated rings. The van der Waals surface area contributed by atoms with Gasteiger partial charge in [0.15, 0.2) is 0 Å². The fourth-order valence-corrected chi connectivity index (χ4v) is 3.48. The van der Waals surface area contributed by atoms with Gasteiger partial charge in [-0.05, 0) is 37.3 Å². The highest BCUT2D eigenvalue weighted by Crippen LogP contribution is 2.32. The van der Waals surface area contributed by atoms with E-state index in [1.54, 1.807) is 37.3 Å². The Labute approximate surface area is 157 Å². The molecule has 0 aliphatic rings. The number of benzene rings is 2. The fourth-order valence-electron chi connectivity index (χ4n) is 2.15. The Morgan fingerprint density at radius 2 is 2.00 bits per heavy atom. The van der Waals surface area contributed by atoms with Crippen molar-refractivity contribution >= 4 is 40.7 Å². The molecule has 0 bridgehead atoms. The third-order valence-corrected chi connectivity index (χ3v) is 5.07. The van der Waals surface area contributed by atoms with Crippen LogP contribution in [-0.4, -0.2) is 15.1 Å². The summed E-state index contributed by atoms with van der Waals surface area (Å²) in [7, 11) is 0. The molecule has 0 unspecified atom stereocenters. The number of nitro groups is 1. The van der Waals surface area contributed by atoms with Gasteiger partial charge in [-0.25, -0.2) is 0 Å². The molecule has 25 heavy (non-hydrogen) atoms. The number of nitro benzene ring substituents is 1. The second kappa shape index (κ2) is 7.43. The van der Waals surface area contributed by atoms with Crippen molar-refractivity contribution in [2.75, 3.05) is 0 Å². The van der Waals surface area contributed by atoms with Crippen LogP contribution >= 0.6 is 35.0 Å². The molecule has 0 aliphatic carbocycles. The zero-order valence-corrected chi connectivity index (χ0v) is 15.2. The van der Waals surface area contributed by atoms with Crippen LogP contribution in [0.2, 0.25) is 10.0 Å². The predicted molar refractivity (Wildman–Crippen MR) is 97.1 cm³/mol. The molecule has 3 aromatic rings. The summed E-state index contributed by atoms with van der Waals surface area (Å²) in [5.74, 6) is 1.16. The molecular weight excluding hydrogens is 385 g/mol. The van der Waals surface area contributed by atoms with Gasteiger partial charge >= 0.3 is 0 Å². The molecule has 0 spiro atoms. The third kappa shape index (κ3) is 4.12. The van der Waals surface area contributed by atoms with Crippen LogP contribution in [0, 0.1) is 17.0 Å². The highest BCUT2D eigenvalue weighted by Gasteiger charge is 2.15. The van der Waals surface area contributed by atoms with Crippen molar-refractivity contribution in [2.45, 2.75) is 17.6 Å². The first-order chi connectivity index (χ1) is 11.9. The summed E-state index contributed by atoms with van der Waals surface area (Å²) < 4.78 is 5.63. The number of hydrogen-bond acceptors (Lipinski definition) is 6.